The number of carbonyl (C=O) groups excluding carboxylic acids is 1. The Morgan fingerprint density at radius 2 is 2.30 bits per heavy atom. The van der Waals surface area contributed by atoms with Crippen molar-refractivity contribution in [1.29, 1.82) is 5.26 Å². The number of rotatable bonds is 6. The number of anilines is 2. The summed E-state index contributed by atoms with van der Waals surface area (Å²) in [6, 6.07) is 3.44. The Morgan fingerprint density at radius 1 is 1.41 bits per heavy atom. The minimum absolute atomic E-state index is 0.0673. The molecule has 0 aliphatic carbocycles. The molecule has 11 nitrogen and oxygen atoms in total. The van der Waals surface area contributed by atoms with Crippen molar-refractivity contribution in [2.45, 2.75) is 6.10 Å². The third-order valence-corrected chi connectivity index (χ3v) is 3.65. The number of hydrogen-bond acceptors (Lipinski definition) is 10. The van der Waals surface area contributed by atoms with Gasteiger partial charge in [0.1, 0.15) is 24.6 Å². The molecule has 0 bridgehead atoms. The van der Waals surface area contributed by atoms with E-state index >= 15 is 0 Å². The third kappa shape index (κ3) is 4.84. The first kappa shape index (κ1) is 18.4. The van der Waals surface area contributed by atoms with Crippen LogP contribution in [0.25, 0.3) is 0 Å². The zero-order chi connectivity index (χ0) is 19.1. The summed E-state index contributed by atoms with van der Waals surface area (Å²) in [4.78, 5) is 20.0. The molecule has 1 atom stereocenters. The van der Waals surface area contributed by atoms with Crippen LogP contribution in [0.4, 0.5) is 11.6 Å². The van der Waals surface area contributed by atoms with E-state index in [-0.39, 0.29) is 29.8 Å². The molecule has 11 heteroatoms. The Morgan fingerprint density at radius 3 is 2.96 bits per heavy atom. The molecule has 1 fully saturated rings. The minimum atomic E-state index is -0.412. The largest absolute Gasteiger partial charge is 0.488 e. The van der Waals surface area contributed by atoms with Crippen LogP contribution >= 0.6 is 0 Å². The average molecular weight is 370 g/mol. The molecular formula is C16H18N8O3. The summed E-state index contributed by atoms with van der Waals surface area (Å²) in [5, 5.41) is 25.3. The Balaban J connectivity index is 1.76. The quantitative estimate of drug-likeness (QED) is 0.614. The number of amides is 1. The maximum Gasteiger partial charge on any atom is 0.275 e. The van der Waals surface area contributed by atoms with Crippen LogP contribution in [0.1, 0.15) is 16.2 Å². The number of carbonyl (C=O) groups is 1. The molecule has 140 valence electrons. The average Bonchev–Trinajstić information content (AvgIpc) is 2.73. The van der Waals surface area contributed by atoms with E-state index in [4.69, 9.17) is 14.7 Å². The lowest BCUT2D eigenvalue weighted by atomic mass is 10.3. The predicted molar refractivity (Wildman–Crippen MR) is 93.6 cm³/mol. The van der Waals surface area contributed by atoms with Crippen LogP contribution < -0.4 is 20.7 Å². The second kappa shape index (κ2) is 8.84. The van der Waals surface area contributed by atoms with Gasteiger partial charge in [0.05, 0.1) is 19.0 Å². The van der Waals surface area contributed by atoms with Crippen molar-refractivity contribution in [3.63, 3.8) is 0 Å². The molecule has 1 aliphatic heterocycles. The highest BCUT2D eigenvalue weighted by atomic mass is 16.5. The van der Waals surface area contributed by atoms with E-state index in [9.17, 15) is 4.79 Å². The van der Waals surface area contributed by atoms with Gasteiger partial charge in [0.15, 0.2) is 23.0 Å². The molecule has 3 N–H and O–H groups in total. The maximum absolute atomic E-state index is 12.0. The standard InChI is InChI=1S/C16H18N8O3/c1-18-16(25)15-12(27-9-11-7-19-2-3-26-11)4-13(23-24-15)22-14-8-20-10(5-17)6-21-14/h4,6,8,11,19H,2-3,7,9H2,1H3,(H,18,25)(H,21,22,23)/t11-/m1/s1. The van der Waals surface area contributed by atoms with E-state index in [0.29, 0.717) is 24.8 Å². The Bertz CT molecular complexity index is 831. The summed E-state index contributed by atoms with van der Waals surface area (Å²) in [5.74, 6) is 0.550. The van der Waals surface area contributed by atoms with E-state index in [2.05, 4.69) is 36.1 Å². The molecule has 0 aromatic carbocycles. The number of aromatic nitrogens is 4. The normalized spacial score (nSPS) is 16.2. The summed E-state index contributed by atoms with van der Waals surface area (Å²) in [5.41, 5.74) is 0.268. The monoisotopic (exact) mass is 370 g/mol. The van der Waals surface area contributed by atoms with Crippen molar-refractivity contribution >= 4 is 17.5 Å². The Labute approximate surface area is 155 Å². The molecule has 1 saturated heterocycles. The van der Waals surface area contributed by atoms with Crippen LogP contribution in [0.2, 0.25) is 0 Å². The first-order valence-electron chi connectivity index (χ1n) is 8.23. The summed E-state index contributed by atoms with van der Waals surface area (Å²) in [7, 11) is 1.50. The zero-order valence-electron chi connectivity index (χ0n) is 14.6. The van der Waals surface area contributed by atoms with E-state index in [0.717, 1.165) is 6.54 Å². The van der Waals surface area contributed by atoms with Crippen LogP contribution in [0.15, 0.2) is 18.5 Å². The lowest BCUT2D eigenvalue weighted by molar-refractivity contribution is -0.0000825. The molecule has 3 rings (SSSR count). The Kier molecular flexibility index (Phi) is 6.03. The van der Waals surface area contributed by atoms with Gasteiger partial charge in [-0.2, -0.15) is 5.26 Å². The number of nitriles is 1. The smallest absolute Gasteiger partial charge is 0.275 e. The predicted octanol–water partition coefficient (Wildman–Crippen LogP) is -0.391. The van der Waals surface area contributed by atoms with Crippen molar-refractivity contribution < 1.29 is 14.3 Å². The molecule has 0 saturated carbocycles. The van der Waals surface area contributed by atoms with Crippen LogP contribution in [0.3, 0.4) is 0 Å². The van der Waals surface area contributed by atoms with Crippen molar-refractivity contribution in [2.24, 2.45) is 0 Å². The van der Waals surface area contributed by atoms with Crippen molar-refractivity contribution in [3.05, 3.63) is 29.8 Å². The molecule has 2 aromatic rings. The highest BCUT2D eigenvalue weighted by Gasteiger charge is 2.19. The van der Waals surface area contributed by atoms with Crippen LogP contribution in [0.5, 0.6) is 5.75 Å². The van der Waals surface area contributed by atoms with Gasteiger partial charge in [-0.05, 0) is 0 Å². The fourth-order valence-corrected chi connectivity index (χ4v) is 2.31. The van der Waals surface area contributed by atoms with Gasteiger partial charge in [0.2, 0.25) is 0 Å². The molecule has 1 aliphatic rings. The van der Waals surface area contributed by atoms with Gasteiger partial charge < -0.3 is 25.4 Å². The zero-order valence-corrected chi connectivity index (χ0v) is 14.6. The fraction of sp³-hybridized carbons (Fsp3) is 0.375. The first-order chi connectivity index (χ1) is 13.2. The number of nitrogens with zero attached hydrogens (tertiary/aromatic N) is 5. The van der Waals surface area contributed by atoms with Crippen molar-refractivity contribution in [2.75, 3.05) is 38.7 Å². The number of nitrogens with one attached hydrogen (secondary N) is 3. The fourth-order valence-electron chi connectivity index (χ4n) is 2.31. The summed E-state index contributed by atoms with van der Waals surface area (Å²) >= 11 is 0. The lowest BCUT2D eigenvalue weighted by Gasteiger charge is -2.23. The van der Waals surface area contributed by atoms with Crippen LogP contribution in [-0.2, 0) is 4.74 Å². The second-order valence-corrected chi connectivity index (χ2v) is 5.55. The van der Waals surface area contributed by atoms with Crippen molar-refractivity contribution in [1.82, 2.24) is 30.8 Å². The number of hydrogen-bond donors (Lipinski definition) is 3. The molecule has 1 amide bonds. The summed E-state index contributed by atoms with van der Waals surface area (Å²) in [6.45, 7) is 2.34. The first-order valence-corrected chi connectivity index (χ1v) is 8.23. The Hall–Kier alpha value is -3.36. The number of morpholine rings is 1. The minimum Gasteiger partial charge on any atom is -0.488 e. The number of ether oxygens (including phenoxy) is 2. The van der Waals surface area contributed by atoms with E-state index in [1.807, 2.05) is 6.07 Å². The van der Waals surface area contributed by atoms with Crippen LogP contribution in [-0.4, -0.2) is 65.5 Å². The van der Waals surface area contributed by atoms with Crippen LogP contribution in [0, 0.1) is 11.3 Å². The SMILES string of the molecule is CNC(=O)c1nnc(Nc2cnc(C#N)cn2)cc1OC[C@H]1CNCCO1. The highest BCUT2D eigenvalue weighted by Crippen LogP contribution is 2.21. The van der Waals surface area contributed by atoms with Gasteiger partial charge in [0, 0.05) is 26.2 Å². The molecule has 0 radical (unpaired) electrons. The van der Waals surface area contributed by atoms with Gasteiger partial charge in [-0.3, -0.25) is 4.79 Å². The summed E-state index contributed by atoms with van der Waals surface area (Å²) < 4.78 is 11.4. The summed E-state index contributed by atoms with van der Waals surface area (Å²) in [6.07, 6.45) is 2.61. The van der Waals surface area contributed by atoms with E-state index in [1.165, 1.54) is 19.4 Å². The van der Waals surface area contributed by atoms with Gasteiger partial charge in [-0.25, -0.2) is 9.97 Å². The van der Waals surface area contributed by atoms with Gasteiger partial charge in [-0.1, -0.05) is 0 Å². The molecule has 2 aromatic heterocycles. The van der Waals surface area contributed by atoms with E-state index in [1.54, 1.807) is 6.07 Å². The molecule has 27 heavy (non-hydrogen) atoms. The highest BCUT2D eigenvalue weighted by molar-refractivity contribution is 5.94. The molecule has 0 unspecified atom stereocenters. The van der Waals surface area contributed by atoms with Gasteiger partial charge in [0.25, 0.3) is 5.91 Å². The molecule has 3 heterocycles. The maximum atomic E-state index is 12.0. The molecule has 0 spiro atoms. The molecular weight excluding hydrogens is 352 g/mol. The topological polar surface area (TPSA) is 147 Å². The van der Waals surface area contributed by atoms with Crippen molar-refractivity contribution in [3.8, 4) is 11.8 Å². The van der Waals surface area contributed by atoms with Gasteiger partial charge >= 0.3 is 0 Å². The second-order valence-electron chi connectivity index (χ2n) is 5.55. The third-order valence-electron chi connectivity index (χ3n) is 3.65. The van der Waals surface area contributed by atoms with Gasteiger partial charge in [-0.15, -0.1) is 10.2 Å². The lowest BCUT2D eigenvalue weighted by Crippen LogP contribution is -2.41. The van der Waals surface area contributed by atoms with E-state index < -0.39 is 5.91 Å².